The SMILES string of the molecule is CCC(CC)N(CCBr)S(=O)(=O)c1cnc(C)s1. The van der Waals surface area contributed by atoms with Crippen LogP contribution in [0.2, 0.25) is 0 Å². The molecular weight excluding hydrogens is 336 g/mol. The van der Waals surface area contributed by atoms with Gasteiger partial charge >= 0.3 is 0 Å². The van der Waals surface area contributed by atoms with Crippen LogP contribution in [0.4, 0.5) is 0 Å². The van der Waals surface area contributed by atoms with Gasteiger partial charge in [-0.05, 0) is 19.8 Å². The summed E-state index contributed by atoms with van der Waals surface area (Å²) in [7, 11) is -3.41. The van der Waals surface area contributed by atoms with Crippen molar-refractivity contribution in [1.29, 1.82) is 0 Å². The molecule has 1 aromatic heterocycles. The third kappa shape index (κ3) is 3.53. The summed E-state index contributed by atoms with van der Waals surface area (Å²) in [5.41, 5.74) is 0. The van der Waals surface area contributed by atoms with Crippen molar-refractivity contribution in [3.8, 4) is 0 Å². The molecule has 0 saturated carbocycles. The summed E-state index contributed by atoms with van der Waals surface area (Å²) in [6, 6.07) is 0.0509. The summed E-state index contributed by atoms with van der Waals surface area (Å²) in [5, 5.41) is 1.41. The molecule has 1 heterocycles. The first-order valence-corrected chi connectivity index (χ1v) is 9.35. The number of aromatic nitrogens is 1. The number of rotatable bonds is 7. The largest absolute Gasteiger partial charge is 0.254 e. The number of aryl methyl sites for hydroxylation is 1. The minimum atomic E-state index is -3.41. The van der Waals surface area contributed by atoms with Gasteiger partial charge in [0, 0.05) is 17.9 Å². The number of thiazole rings is 1. The van der Waals surface area contributed by atoms with E-state index >= 15 is 0 Å². The lowest BCUT2D eigenvalue weighted by atomic mass is 10.2. The maximum absolute atomic E-state index is 12.6. The van der Waals surface area contributed by atoms with Crippen LogP contribution in [0.3, 0.4) is 0 Å². The lowest BCUT2D eigenvalue weighted by Gasteiger charge is -2.28. The van der Waals surface area contributed by atoms with Crippen molar-refractivity contribution in [3.05, 3.63) is 11.2 Å². The fourth-order valence-corrected chi connectivity index (χ4v) is 5.48. The van der Waals surface area contributed by atoms with Gasteiger partial charge < -0.3 is 0 Å². The molecule has 0 N–H and O–H groups in total. The minimum absolute atomic E-state index is 0.0509. The first-order valence-electron chi connectivity index (χ1n) is 5.97. The Morgan fingerprint density at radius 1 is 1.44 bits per heavy atom. The van der Waals surface area contributed by atoms with E-state index in [0.717, 1.165) is 17.8 Å². The van der Waals surface area contributed by atoms with Crippen molar-refractivity contribution in [1.82, 2.24) is 9.29 Å². The van der Waals surface area contributed by atoms with Crippen LogP contribution in [0.1, 0.15) is 31.7 Å². The van der Waals surface area contributed by atoms with E-state index in [1.165, 1.54) is 17.5 Å². The summed E-state index contributed by atoms with van der Waals surface area (Å²) < 4.78 is 27.1. The Morgan fingerprint density at radius 3 is 2.44 bits per heavy atom. The van der Waals surface area contributed by atoms with Gasteiger partial charge in [0.25, 0.3) is 10.0 Å². The Labute approximate surface area is 122 Å². The smallest absolute Gasteiger partial charge is 0.249 e. The van der Waals surface area contributed by atoms with Crippen LogP contribution in [0.15, 0.2) is 10.4 Å². The quantitative estimate of drug-likeness (QED) is 0.707. The monoisotopic (exact) mass is 354 g/mol. The molecule has 0 aromatic carbocycles. The van der Waals surface area contributed by atoms with Crippen LogP contribution in [0.5, 0.6) is 0 Å². The van der Waals surface area contributed by atoms with Gasteiger partial charge in [0.15, 0.2) is 4.21 Å². The van der Waals surface area contributed by atoms with Crippen molar-refractivity contribution in [2.24, 2.45) is 0 Å². The molecule has 0 bridgehead atoms. The molecular formula is C11H19BrN2O2S2. The van der Waals surface area contributed by atoms with Crippen LogP contribution in [-0.4, -0.2) is 35.6 Å². The van der Waals surface area contributed by atoms with Crippen molar-refractivity contribution in [2.75, 3.05) is 11.9 Å². The fraction of sp³-hybridized carbons (Fsp3) is 0.727. The molecule has 18 heavy (non-hydrogen) atoms. The van der Waals surface area contributed by atoms with Crippen LogP contribution in [0, 0.1) is 6.92 Å². The van der Waals surface area contributed by atoms with Gasteiger partial charge in [-0.2, -0.15) is 4.31 Å². The van der Waals surface area contributed by atoms with Crippen molar-refractivity contribution >= 4 is 37.3 Å². The van der Waals surface area contributed by atoms with E-state index in [1.54, 1.807) is 4.31 Å². The molecule has 0 unspecified atom stereocenters. The van der Waals surface area contributed by atoms with E-state index in [4.69, 9.17) is 0 Å². The van der Waals surface area contributed by atoms with E-state index < -0.39 is 10.0 Å². The minimum Gasteiger partial charge on any atom is -0.249 e. The van der Waals surface area contributed by atoms with Crippen LogP contribution in [0.25, 0.3) is 0 Å². The summed E-state index contributed by atoms with van der Waals surface area (Å²) in [5.74, 6) is 0. The van der Waals surface area contributed by atoms with Crippen LogP contribution >= 0.6 is 27.3 Å². The van der Waals surface area contributed by atoms with Crippen LogP contribution in [-0.2, 0) is 10.0 Å². The zero-order valence-corrected chi connectivity index (χ0v) is 14.1. The highest BCUT2D eigenvalue weighted by molar-refractivity contribution is 9.09. The average molecular weight is 355 g/mol. The lowest BCUT2D eigenvalue weighted by Crippen LogP contribution is -2.40. The number of nitrogens with zero attached hydrogens (tertiary/aromatic N) is 2. The molecule has 0 spiro atoms. The zero-order valence-electron chi connectivity index (χ0n) is 10.9. The Kier molecular flexibility index (Phi) is 6.23. The number of hydrogen-bond donors (Lipinski definition) is 0. The molecule has 0 radical (unpaired) electrons. The molecule has 0 aliphatic carbocycles. The summed E-state index contributed by atoms with van der Waals surface area (Å²) >= 11 is 4.56. The van der Waals surface area contributed by atoms with Crippen molar-refractivity contribution < 1.29 is 8.42 Å². The first-order chi connectivity index (χ1) is 8.47. The third-order valence-electron chi connectivity index (χ3n) is 2.82. The molecule has 104 valence electrons. The summed E-state index contributed by atoms with van der Waals surface area (Å²) in [4.78, 5) is 4.04. The molecule has 0 amide bonds. The highest BCUT2D eigenvalue weighted by Gasteiger charge is 2.30. The molecule has 0 atom stereocenters. The highest BCUT2D eigenvalue weighted by atomic mass is 79.9. The maximum Gasteiger partial charge on any atom is 0.254 e. The normalized spacial score (nSPS) is 12.6. The molecule has 0 aliphatic heterocycles. The van der Waals surface area contributed by atoms with E-state index in [1.807, 2.05) is 20.8 Å². The van der Waals surface area contributed by atoms with Gasteiger partial charge in [0.1, 0.15) is 0 Å². The maximum atomic E-state index is 12.6. The number of hydrogen-bond acceptors (Lipinski definition) is 4. The predicted octanol–water partition coefficient (Wildman–Crippen LogP) is 3.03. The molecule has 4 nitrogen and oxygen atoms in total. The number of alkyl halides is 1. The van der Waals surface area contributed by atoms with Gasteiger partial charge in [0.2, 0.25) is 0 Å². The average Bonchev–Trinajstić information content (AvgIpc) is 2.77. The molecule has 0 saturated heterocycles. The second kappa shape index (κ2) is 6.98. The molecule has 7 heteroatoms. The van der Waals surface area contributed by atoms with E-state index in [0.29, 0.717) is 16.1 Å². The lowest BCUT2D eigenvalue weighted by molar-refractivity contribution is 0.318. The summed E-state index contributed by atoms with van der Waals surface area (Å²) in [6.45, 7) is 6.34. The Morgan fingerprint density at radius 2 is 2.06 bits per heavy atom. The van der Waals surface area contributed by atoms with Gasteiger partial charge in [0.05, 0.1) is 11.2 Å². The molecule has 0 fully saturated rings. The zero-order chi connectivity index (χ0) is 13.8. The number of halogens is 1. The summed E-state index contributed by atoms with van der Waals surface area (Å²) in [6.07, 6.45) is 3.10. The van der Waals surface area contributed by atoms with E-state index in [-0.39, 0.29) is 6.04 Å². The van der Waals surface area contributed by atoms with Gasteiger partial charge in [-0.3, -0.25) is 0 Å². The molecule has 0 aliphatic rings. The standard InChI is InChI=1S/C11H19BrN2O2S2/c1-4-10(5-2)14(7-6-12)18(15,16)11-8-13-9(3)17-11/h8,10H,4-7H2,1-3H3. The second-order valence-corrected chi connectivity index (χ2v) is 8.12. The predicted molar refractivity (Wildman–Crippen MR) is 78.9 cm³/mol. The van der Waals surface area contributed by atoms with Crippen molar-refractivity contribution in [3.63, 3.8) is 0 Å². The Hall–Kier alpha value is 0.0200. The van der Waals surface area contributed by atoms with E-state index in [9.17, 15) is 8.42 Å². The van der Waals surface area contributed by atoms with Gasteiger partial charge in [-0.1, -0.05) is 29.8 Å². The Bertz CT molecular complexity index is 469. The molecule has 1 rings (SSSR count). The highest BCUT2D eigenvalue weighted by Crippen LogP contribution is 2.25. The first kappa shape index (κ1) is 16.1. The fourth-order valence-electron chi connectivity index (χ4n) is 1.85. The third-order valence-corrected chi connectivity index (χ3v) is 6.47. The van der Waals surface area contributed by atoms with Gasteiger partial charge in [-0.25, -0.2) is 13.4 Å². The topological polar surface area (TPSA) is 50.3 Å². The molecule has 1 aromatic rings. The van der Waals surface area contributed by atoms with Crippen molar-refractivity contribution in [2.45, 2.75) is 43.9 Å². The second-order valence-electron chi connectivity index (χ2n) is 3.97. The Balaban J connectivity index is 3.11. The van der Waals surface area contributed by atoms with Gasteiger partial charge in [-0.15, -0.1) is 11.3 Å². The number of sulfonamides is 1. The van der Waals surface area contributed by atoms with E-state index in [2.05, 4.69) is 20.9 Å². The van der Waals surface area contributed by atoms with Crippen LogP contribution < -0.4 is 0 Å².